The van der Waals surface area contributed by atoms with E-state index in [1.807, 2.05) is 30.3 Å². The lowest BCUT2D eigenvalue weighted by molar-refractivity contribution is -0.757. The van der Waals surface area contributed by atoms with Crippen LogP contribution in [-0.2, 0) is 53.6 Å². The second-order valence-corrected chi connectivity index (χ2v) is 21.0. The van der Waals surface area contributed by atoms with Crippen LogP contribution in [0.4, 0.5) is 0 Å². The minimum absolute atomic E-state index is 0.0333. The molecular weight excluding hydrogens is 799 g/mol. The highest BCUT2D eigenvalue weighted by atomic mass is 16.9. The maximum absolute atomic E-state index is 14.5. The van der Waals surface area contributed by atoms with Gasteiger partial charge in [-0.05, 0) is 127 Å². The Morgan fingerprint density at radius 1 is 0.810 bits per heavy atom. The number of aromatic nitrogens is 2. The Balaban J connectivity index is 0.988. The fourth-order valence-electron chi connectivity index (χ4n) is 13.5. The third-order valence-electron chi connectivity index (χ3n) is 17.0. The number of carbonyl (C=O) groups excluding carboxylic acids is 3. The Hall–Kier alpha value is -5.13. The summed E-state index contributed by atoms with van der Waals surface area (Å²) in [6, 6.07) is 16.6. The van der Waals surface area contributed by atoms with E-state index in [9.17, 15) is 24.5 Å². The predicted octanol–water partition coefficient (Wildman–Crippen LogP) is 9.70. The minimum Gasteiger partial charge on any atom is -0.465 e. The van der Waals surface area contributed by atoms with E-state index < -0.39 is 27.9 Å². The molecule has 8 atom stereocenters. The number of benzene rings is 2. The molecule has 3 fully saturated rings. The summed E-state index contributed by atoms with van der Waals surface area (Å²) in [4.78, 5) is 65.3. The summed E-state index contributed by atoms with van der Waals surface area (Å²) in [6.07, 6.45) is 14.3. The van der Waals surface area contributed by atoms with Gasteiger partial charge in [-0.3, -0.25) is 24.4 Å². The second kappa shape index (κ2) is 16.8. The fourth-order valence-corrected chi connectivity index (χ4v) is 13.5. The van der Waals surface area contributed by atoms with Crippen LogP contribution in [0.2, 0.25) is 0 Å². The van der Waals surface area contributed by atoms with E-state index in [0.717, 1.165) is 80.3 Å². The van der Waals surface area contributed by atoms with Crippen LogP contribution in [0.5, 0.6) is 5.75 Å². The van der Waals surface area contributed by atoms with Crippen LogP contribution in [0.25, 0.3) is 0 Å². The van der Waals surface area contributed by atoms with Gasteiger partial charge in [0.1, 0.15) is 25.6 Å². The largest absolute Gasteiger partial charge is 0.465 e. The molecule has 3 aromatic rings. The number of hydrogen-bond donors (Lipinski definition) is 0. The van der Waals surface area contributed by atoms with Crippen molar-refractivity contribution in [3.63, 3.8) is 0 Å². The molecule has 3 saturated carbocycles. The van der Waals surface area contributed by atoms with Crippen molar-refractivity contribution in [2.75, 3.05) is 13.2 Å². The van der Waals surface area contributed by atoms with Gasteiger partial charge in [-0.1, -0.05) is 95.7 Å². The summed E-state index contributed by atoms with van der Waals surface area (Å²) in [5, 5.41) is 9.59. The van der Waals surface area contributed by atoms with E-state index in [-0.39, 0.29) is 65.5 Å². The van der Waals surface area contributed by atoms with Gasteiger partial charge in [0, 0.05) is 17.8 Å². The first-order chi connectivity index (χ1) is 29.9. The molecule has 12 nitrogen and oxygen atoms in total. The Morgan fingerprint density at radius 3 is 2.27 bits per heavy atom. The van der Waals surface area contributed by atoms with Crippen LogP contribution in [-0.4, -0.2) is 46.2 Å². The lowest BCUT2D eigenvalue weighted by Crippen LogP contribution is -2.65. The summed E-state index contributed by atoms with van der Waals surface area (Å²) >= 11 is 0. The molecule has 0 aliphatic heterocycles. The predicted molar refractivity (Wildman–Crippen MR) is 234 cm³/mol. The lowest BCUT2D eigenvalue weighted by Gasteiger charge is -2.70. The summed E-state index contributed by atoms with van der Waals surface area (Å²) in [6.45, 7) is 14.8. The summed E-state index contributed by atoms with van der Waals surface area (Å²) in [5.74, 6) is -0.160. The van der Waals surface area contributed by atoms with Gasteiger partial charge in [-0.2, -0.15) is 0 Å². The molecule has 12 heteroatoms. The molecule has 63 heavy (non-hydrogen) atoms. The van der Waals surface area contributed by atoms with Crippen molar-refractivity contribution >= 4 is 17.9 Å². The molecule has 0 unspecified atom stereocenters. The molecular formula is C51H63N3O9. The molecule has 0 saturated heterocycles. The first kappa shape index (κ1) is 44.5. The molecule has 0 bridgehead atoms. The van der Waals surface area contributed by atoms with E-state index in [4.69, 9.17) is 24.2 Å². The standard InChI is InChI=1S/C51H63N3O9/c1-46(2)23-25-51(45(57)60-32-35-10-8-7-9-11-35)26-24-49(5)37(38(51)30-46)16-17-41-47(3)31-39-44(53-28-27-52-39)48(4,40(47)20-22-50(41,49)6)33-61-42(55)18-19-43(56)63-36-14-12-34(13-15-36)21-29-62-54(58)59/h7-16,27-28,38,40-41H,17-26,29-33H2,1-6H3/t38-,40+,41+,47-,48-,49+,50+,51-/m0/s1. The highest BCUT2D eigenvalue weighted by Crippen LogP contribution is 2.75. The number of esters is 3. The quantitative estimate of drug-likeness (QED) is 0.0530. The van der Waals surface area contributed by atoms with Gasteiger partial charge in [0.15, 0.2) is 0 Å². The van der Waals surface area contributed by atoms with Crippen molar-refractivity contribution in [2.24, 2.45) is 44.8 Å². The highest BCUT2D eigenvalue weighted by molar-refractivity contribution is 5.79. The van der Waals surface area contributed by atoms with Gasteiger partial charge in [0.2, 0.25) is 0 Å². The first-order valence-corrected chi connectivity index (χ1v) is 22.9. The molecule has 5 aliphatic carbocycles. The normalized spacial score (nSPS) is 32.5. The van der Waals surface area contributed by atoms with Gasteiger partial charge in [0.25, 0.3) is 5.09 Å². The van der Waals surface area contributed by atoms with Crippen LogP contribution < -0.4 is 4.74 Å². The van der Waals surface area contributed by atoms with Crippen molar-refractivity contribution in [1.82, 2.24) is 9.97 Å². The third-order valence-corrected chi connectivity index (χ3v) is 17.0. The Labute approximate surface area is 371 Å². The Morgan fingerprint density at radius 2 is 1.52 bits per heavy atom. The highest BCUT2D eigenvalue weighted by Gasteiger charge is 2.70. The zero-order chi connectivity index (χ0) is 44.8. The monoisotopic (exact) mass is 861 g/mol. The summed E-state index contributed by atoms with van der Waals surface area (Å²) < 4.78 is 17.8. The van der Waals surface area contributed by atoms with Crippen molar-refractivity contribution in [2.45, 2.75) is 131 Å². The van der Waals surface area contributed by atoms with Crippen LogP contribution in [0.3, 0.4) is 0 Å². The van der Waals surface area contributed by atoms with E-state index in [1.165, 1.54) is 5.57 Å². The summed E-state index contributed by atoms with van der Waals surface area (Å²) in [5.41, 5.74) is 3.76. The molecule has 0 radical (unpaired) electrons. The smallest absolute Gasteiger partial charge is 0.313 e. The van der Waals surface area contributed by atoms with E-state index in [0.29, 0.717) is 24.7 Å². The van der Waals surface area contributed by atoms with Gasteiger partial charge in [-0.15, -0.1) is 10.1 Å². The number of allylic oxidation sites excluding steroid dienone is 2. The SMILES string of the molecule is CC1(C)CC[C@]2(C(=O)OCc3ccccc3)CC[C@]3(C)C(=CC[C@@H]4[C@@]5(C)Cc6nccnc6[C@@](C)(COC(=O)CCC(=O)Oc6ccc(CCO[N+](=O)[O-])cc6)[C@@H]5CC[C@]43C)[C@@H]2C1. The number of ether oxygens (including phenoxy) is 3. The number of nitrogens with zero attached hydrogens (tertiary/aromatic N) is 3. The average molecular weight is 862 g/mol. The van der Waals surface area contributed by atoms with Gasteiger partial charge >= 0.3 is 17.9 Å². The molecule has 0 amide bonds. The van der Waals surface area contributed by atoms with Crippen LogP contribution in [0.15, 0.2) is 78.6 Å². The molecule has 1 heterocycles. The molecule has 0 spiro atoms. The topological polar surface area (TPSA) is 157 Å². The molecule has 8 rings (SSSR count). The number of carbonyl (C=O) groups is 3. The van der Waals surface area contributed by atoms with Crippen molar-refractivity contribution in [1.29, 1.82) is 0 Å². The number of rotatable bonds is 13. The molecule has 1 aromatic heterocycles. The molecule has 2 aromatic carbocycles. The van der Waals surface area contributed by atoms with Crippen LogP contribution >= 0.6 is 0 Å². The van der Waals surface area contributed by atoms with E-state index in [1.54, 1.807) is 36.7 Å². The summed E-state index contributed by atoms with van der Waals surface area (Å²) in [7, 11) is 0. The van der Waals surface area contributed by atoms with Crippen molar-refractivity contribution in [3.05, 3.63) is 111 Å². The number of fused-ring (bicyclic) bond motifs is 8. The van der Waals surface area contributed by atoms with E-state index >= 15 is 0 Å². The number of hydrogen-bond acceptors (Lipinski definition) is 11. The van der Waals surface area contributed by atoms with Gasteiger partial charge in [-0.25, -0.2) is 0 Å². The Kier molecular flexibility index (Phi) is 11.8. The maximum Gasteiger partial charge on any atom is 0.313 e. The average Bonchev–Trinajstić information content (AvgIpc) is 3.25. The van der Waals surface area contributed by atoms with Crippen LogP contribution in [0, 0.1) is 54.9 Å². The zero-order valence-electron chi connectivity index (χ0n) is 37.8. The Bertz CT molecular complexity index is 2260. The van der Waals surface area contributed by atoms with E-state index in [2.05, 4.69) is 52.5 Å². The molecule has 5 aliphatic rings. The minimum atomic E-state index is -0.832. The van der Waals surface area contributed by atoms with Crippen molar-refractivity contribution in [3.8, 4) is 5.75 Å². The fraction of sp³-hybridized carbons (Fsp3) is 0.588. The third kappa shape index (κ3) is 8.05. The van der Waals surface area contributed by atoms with Crippen LogP contribution in [0.1, 0.15) is 128 Å². The first-order valence-electron chi connectivity index (χ1n) is 22.9. The van der Waals surface area contributed by atoms with Crippen molar-refractivity contribution < 1.29 is 38.5 Å². The second-order valence-electron chi connectivity index (χ2n) is 21.0. The maximum atomic E-state index is 14.5. The van der Waals surface area contributed by atoms with Gasteiger partial charge in [0.05, 0.1) is 29.6 Å². The lowest BCUT2D eigenvalue weighted by atomic mass is 9.33. The van der Waals surface area contributed by atoms with Gasteiger partial charge < -0.3 is 19.0 Å². The zero-order valence-corrected chi connectivity index (χ0v) is 37.8. The molecule has 336 valence electrons. The molecule has 0 N–H and O–H groups in total.